The largest absolute Gasteiger partial charge is 0.352 e. The van der Waals surface area contributed by atoms with E-state index >= 15 is 0 Å². The van der Waals surface area contributed by atoms with E-state index in [-0.39, 0.29) is 10.8 Å². The van der Waals surface area contributed by atoms with Gasteiger partial charge in [-0.2, -0.15) is 0 Å². The van der Waals surface area contributed by atoms with Crippen molar-refractivity contribution >= 4 is 18.5 Å². The van der Waals surface area contributed by atoms with Crippen LogP contribution in [0.2, 0.25) is 0 Å². The van der Waals surface area contributed by atoms with Gasteiger partial charge in [0.2, 0.25) is 0 Å². The fourth-order valence-corrected chi connectivity index (χ4v) is 2.94. The molecule has 116 valence electrons. The Labute approximate surface area is 131 Å². The van der Waals surface area contributed by atoms with Crippen molar-refractivity contribution in [2.45, 2.75) is 43.5 Å². The first kappa shape index (κ1) is 16.3. The van der Waals surface area contributed by atoms with E-state index in [1.165, 1.54) is 37.5 Å². The van der Waals surface area contributed by atoms with Crippen LogP contribution in [-0.2, 0) is 0 Å². The van der Waals surface area contributed by atoms with Crippen molar-refractivity contribution in [3.63, 3.8) is 0 Å². The number of nitrogens with one attached hydrogen (secondary N) is 1. The molecule has 1 aliphatic rings. The molecule has 21 heavy (non-hydrogen) atoms. The summed E-state index contributed by atoms with van der Waals surface area (Å²) in [5, 5.41) is 2.88. The molecule has 1 aliphatic heterocycles. The zero-order valence-corrected chi connectivity index (χ0v) is 13.3. The van der Waals surface area contributed by atoms with Gasteiger partial charge >= 0.3 is 0 Å². The highest BCUT2D eigenvalue weighted by atomic mass is 32.1. The third kappa shape index (κ3) is 4.71. The summed E-state index contributed by atoms with van der Waals surface area (Å²) in [7, 11) is 0. The molecule has 2 rings (SSSR count). The molecule has 1 aromatic rings. The molecular formula is C16H23FN2OS. The van der Waals surface area contributed by atoms with Crippen molar-refractivity contribution in [2.24, 2.45) is 0 Å². The Morgan fingerprint density at radius 2 is 2.29 bits per heavy atom. The summed E-state index contributed by atoms with van der Waals surface area (Å²) in [5.74, 6) is -0.578. The first-order valence-electron chi connectivity index (χ1n) is 7.58. The maximum Gasteiger partial charge on any atom is 0.251 e. The van der Waals surface area contributed by atoms with Crippen LogP contribution in [0.25, 0.3) is 0 Å². The van der Waals surface area contributed by atoms with Crippen molar-refractivity contribution in [3.05, 3.63) is 29.6 Å². The van der Waals surface area contributed by atoms with Gasteiger partial charge in [-0.3, -0.25) is 4.79 Å². The van der Waals surface area contributed by atoms with E-state index in [4.69, 9.17) is 0 Å². The van der Waals surface area contributed by atoms with Crippen LogP contribution in [0.15, 0.2) is 23.1 Å². The lowest BCUT2D eigenvalue weighted by molar-refractivity contribution is 0.0948. The molecule has 1 saturated heterocycles. The molecule has 1 aromatic carbocycles. The van der Waals surface area contributed by atoms with Crippen LogP contribution in [0.3, 0.4) is 0 Å². The highest BCUT2D eigenvalue weighted by molar-refractivity contribution is 7.80. The Hall–Kier alpha value is -1.07. The van der Waals surface area contributed by atoms with Crippen LogP contribution in [0, 0.1) is 5.82 Å². The third-order valence-corrected chi connectivity index (χ3v) is 4.40. The molecule has 1 fully saturated rings. The predicted octanol–water partition coefficient (Wildman–Crippen LogP) is 3.11. The van der Waals surface area contributed by atoms with E-state index in [9.17, 15) is 9.18 Å². The minimum Gasteiger partial charge on any atom is -0.352 e. The summed E-state index contributed by atoms with van der Waals surface area (Å²) in [5.41, 5.74) is 0.452. The number of halogens is 1. The fourth-order valence-electron chi connectivity index (χ4n) is 2.73. The van der Waals surface area contributed by atoms with Gasteiger partial charge in [-0.25, -0.2) is 4.39 Å². The molecule has 1 amide bonds. The monoisotopic (exact) mass is 310 g/mol. The molecule has 1 N–H and O–H groups in total. The van der Waals surface area contributed by atoms with Crippen molar-refractivity contribution in [3.8, 4) is 0 Å². The smallest absolute Gasteiger partial charge is 0.251 e. The highest BCUT2D eigenvalue weighted by Gasteiger charge is 2.17. The fraction of sp³-hybridized carbons (Fsp3) is 0.562. The average molecular weight is 310 g/mol. The van der Waals surface area contributed by atoms with Crippen molar-refractivity contribution in [2.75, 3.05) is 19.6 Å². The molecule has 0 aliphatic carbocycles. The highest BCUT2D eigenvalue weighted by Crippen LogP contribution is 2.16. The molecule has 0 aromatic heterocycles. The van der Waals surface area contributed by atoms with E-state index in [1.807, 2.05) is 0 Å². The minimum absolute atomic E-state index is 0.169. The Morgan fingerprint density at radius 3 is 3.00 bits per heavy atom. The number of likely N-dealkylation sites (tertiary alicyclic amines) is 1. The number of benzene rings is 1. The van der Waals surface area contributed by atoms with Gasteiger partial charge in [0.05, 0.1) is 0 Å². The Kier molecular flexibility index (Phi) is 6.06. The first-order valence-corrected chi connectivity index (χ1v) is 8.03. The van der Waals surface area contributed by atoms with Crippen LogP contribution in [0.5, 0.6) is 0 Å². The summed E-state index contributed by atoms with van der Waals surface area (Å²) >= 11 is 3.99. The topological polar surface area (TPSA) is 32.3 Å². The third-order valence-electron chi connectivity index (χ3n) is 4.06. The van der Waals surface area contributed by atoms with Crippen molar-refractivity contribution in [1.82, 2.24) is 10.2 Å². The van der Waals surface area contributed by atoms with Gasteiger partial charge in [0.1, 0.15) is 5.82 Å². The van der Waals surface area contributed by atoms with Gasteiger partial charge in [0.25, 0.3) is 5.91 Å². The number of rotatable bonds is 5. The number of piperidine rings is 1. The number of carbonyl (C=O) groups is 1. The number of hydrogen-bond donors (Lipinski definition) is 2. The normalized spacial score (nSPS) is 19.5. The van der Waals surface area contributed by atoms with E-state index in [1.54, 1.807) is 0 Å². The van der Waals surface area contributed by atoms with E-state index in [2.05, 4.69) is 29.8 Å². The maximum atomic E-state index is 13.1. The molecule has 5 heteroatoms. The number of thiol groups is 1. The van der Waals surface area contributed by atoms with E-state index < -0.39 is 5.82 Å². The lowest BCUT2D eigenvalue weighted by Gasteiger charge is -2.33. The molecule has 0 bridgehead atoms. The zero-order valence-electron chi connectivity index (χ0n) is 12.4. The molecule has 0 radical (unpaired) electrons. The van der Waals surface area contributed by atoms with Gasteiger partial charge in [-0.05, 0) is 50.9 Å². The Balaban J connectivity index is 1.72. The average Bonchev–Trinajstić information content (AvgIpc) is 2.48. The molecule has 3 nitrogen and oxygen atoms in total. The molecule has 1 unspecified atom stereocenters. The van der Waals surface area contributed by atoms with E-state index in [0.29, 0.717) is 18.2 Å². The lowest BCUT2D eigenvalue weighted by Crippen LogP contribution is -2.39. The lowest BCUT2D eigenvalue weighted by atomic mass is 10.0. The Morgan fingerprint density at radius 1 is 1.48 bits per heavy atom. The number of carbonyl (C=O) groups excluding carboxylic acids is 1. The van der Waals surface area contributed by atoms with Crippen molar-refractivity contribution in [1.29, 1.82) is 0 Å². The molecule has 0 spiro atoms. The summed E-state index contributed by atoms with van der Waals surface area (Å²) < 4.78 is 13.1. The number of amides is 1. The summed E-state index contributed by atoms with van der Waals surface area (Å²) in [6.07, 6.45) is 4.81. The Bertz CT molecular complexity index is 495. The van der Waals surface area contributed by atoms with Gasteiger partial charge < -0.3 is 10.2 Å². The SMILES string of the molecule is CC1CCCCN1CCCNC(=O)c1ccc(F)c(S)c1. The quantitative estimate of drug-likeness (QED) is 0.647. The standard InChI is InChI=1S/C16H23FN2OS/c1-12-5-2-3-9-19(12)10-4-8-18-16(20)13-6-7-14(17)15(21)11-13/h6-7,11-12,21H,2-5,8-10H2,1H3,(H,18,20). The van der Waals surface area contributed by atoms with Gasteiger partial charge in [-0.15, -0.1) is 12.6 Å². The second-order valence-electron chi connectivity index (χ2n) is 5.66. The van der Waals surface area contributed by atoms with Gasteiger partial charge in [-0.1, -0.05) is 6.42 Å². The van der Waals surface area contributed by atoms with E-state index in [0.717, 1.165) is 19.5 Å². The van der Waals surface area contributed by atoms with Crippen LogP contribution in [-0.4, -0.2) is 36.5 Å². The second-order valence-corrected chi connectivity index (χ2v) is 6.14. The number of hydrogen-bond acceptors (Lipinski definition) is 3. The van der Waals surface area contributed by atoms with Gasteiger partial charge in [0, 0.05) is 29.6 Å². The van der Waals surface area contributed by atoms with Crippen molar-refractivity contribution < 1.29 is 9.18 Å². The van der Waals surface area contributed by atoms with Gasteiger partial charge in [0.15, 0.2) is 0 Å². The second kappa shape index (κ2) is 7.80. The van der Waals surface area contributed by atoms with Crippen LogP contribution < -0.4 is 5.32 Å². The number of nitrogens with zero attached hydrogens (tertiary/aromatic N) is 1. The molecular weight excluding hydrogens is 287 g/mol. The van der Waals surface area contributed by atoms with Crippen LogP contribution in [0.4, 0.5) is 4.39 Å². The molecule has 1 heterocycles. The molecule has 1 atom stereocenters. The summed E-state index contributed by atoms with van der Waals surface area (Å²) in [4.78, 5) is 14.6. The molecule has 0 saturated carbocycles. The van der Waals surface area contributed by atoms with Crippen LogP contribution >= 0.6 is 12.6 Å². The maximum absolute atomic E-state index is 13.1. The summed E-state index contributed by atoms with van der Waals surface area (Å²) in [6, 6.07) is 4.86. The van der Waals surface area contributed by atoms with Crippen LogP contribution in [0.1, 0.15) is 43.0 Å². The first-order chi connectivity index (χ1) is 10.1. The zero-order chi connectivity index (χ0) is 15.2. The predicted molar refractivity (Wildman–Crippen MR) is 85.5 cm³/mol. The minimum atomic E-state index is -0.408. The summed E-state index contributed by atoms with van der Waals surface area (Å²) in [6.45, 7) is 5.09.